The third-order valence-corrected chi connectivity index (χ3v) is 10.3. The van der Waals surface area contributed by atoms with E-state index in [0.717, 1.165) is 48.2 Å². The normalized spacial score (nSPS) is 14.6. The van der Waals surface area contributed by atoms with E-state index in [1.807, 2.05) is 22.7 Å². The lowest BCUT2D eigenvalue weighted by Gasteiger charge is -2.34. The molecule has 0 spiro atoms. The Morgan fingerprint density at radius 3 is 1.94 bits per heavy atom. The molecule has 0 aliphatic carbocycles. The quantitative estimate of drug-likeness (QED) is 0.0946. The van der Waals surface area contributed by atoms with Crippen LogP contribution in [0.25, 0.3) is 28.6 Å². The predicted molar refractivity (Wildman–Crippen MR) is 211 cm³/mol. The smallest absolute Gasteiger partial charge is 0.187 e. The van der Waals surface area contributed by atoms with Crippen molar-refractivity contribution in [1.82, 2.24) is 19.8 Å². The van der Waals surface area contributed by atoms with Gasteiger partial charge in [-0.2, -0.15) is 9.61 Å². The number of phenols is 1. The zero-order valence-corrected chi connectivity index (χ0v) is 31.1. The fourth-order valence-corrected chi connectivity index (χ4v) is 7.17. The predicted octanol–water partition coefficient (Wildman–Crippen LogP) is 11.2. The molecule has 0 atom stereocenters. The van der Waals surface area contributed by atoms with Crippen LogP contribution in [0.5, 0.6) is 5.75 Å². The van der Waals surface area contributed by atoms with Gasteiger partial charge in [0.15, 0.2) is 11.5 Å². The second-order valence-corrected chi connectivity index (χ2v) is 14.0. The molecule has 0 fully saturated rings. The number of allylic oxidation sites excluding steroid dienone is 6. The van der Waals surface area contributed by atoms with Crippen LogP contribution in [0.3, 0.4) is 0 Å². The summed E-state index contributed by atoms with van der Waals surface area (Å²) in [6.45, 7) is 10.0. The number of benzene rings is 2. The summed E-state index contributed by atoms with van der Waals surface area (Å²) in [7, 11) is 0. The zero-order valence-electron chi connectivity index (χ0n) is 31.1. The lowest BCUT2D eigenvalue weighted by molar-refractivity contribution is 0.477. The molecule has 0 saturated heterocycles. The van der Waals surface area contributed by atoms with E-state index >= 15 is 0 Å². The molecule has 0 amide bonds. The van der Waals surface area contributed by atoms with Crippen LogP contribution in [-0.4, -0.2) is 31.5 Å². The number of phenolic OH excluding ortho intramolecular Hbond substituents is 1. The van der Waals surface area contributed by atoms with Crippen molar-refractivity contribution in [1.29, 1.82) is 0 Å². The molecule has 2 aromatic carbocycles. The van der Waals surface area contributed by atoms with Crippen molar-refractivity contribution in [2.24, 2.45) is 0 Å². The summed E-state index contributed by atoms with van der Waals surface area (Å²) >= 11 is 0. The van der Waals surface area contributed by atoms with E-state index in [4.69, 9.17) is 5.10 Å². The van der Waals surface area contributed by atoms with Gasteiger partial charge in [0.05, 0.1) is 0 Å². The highest BCUT2D eigenvalue weighted by molar-refractivity contribution is 5.91. The Labute approximate surface area is 300 Å². The summed E-state index contributed by atoms with van der Waals surface area (Å²) in [5, 5.41) is 25.8. The van der Waals surface area contributed by atoms with Crippen LogP contribution in [0.1, 0.15) is 135 Å². The fraction of sp³-hybridized carbons (Fsp3) is 0.477. The Balaban J connectivity index is 1.28. The number of nitrogens with zero attached hydrogens (tertiary/aromatic N) is 5. The molecule has 3 heterocycles. The van der Waals surface area contributed by atoms with Crippen LogP contribution in [-0.2, 0) is 6.42 Å². The Hall–Kier alpha value is -4.19. The van der Waals surface area contributed by atoms with Crippen molar-refractivity contribution in [3.63, 3.8) is 0 Å². The van der Waals surface area contributed by atoms with Gasteiger partial charge >= 0.3 is 0 Å². The van der Waals surface area contributed by atoms with Crippen molar-refractivity contribution in [3.8, 4) is 17.0 Å². The first-order chi connectivity index (χ1) is 24.5. The number of hydrogen-bond acceptors (Lipinski definition) is 5. The highest BCUT2D eigenvalue weighted by Gasteiger charge is 2.23. The van der Waals surface area contributed by atoms with Crippen molar-refractivity contribution < 1.29 is 5.11 Å². The van der Waals surface area contributed by atoms with Gasteiger partial charge in [-0.05, 0) is 62.1 Å². The second kappa shape index (κ2) is 19.3. The van der Waals surface area contributed by atoms with Crippen LogP contribution in [0.2, 0.25) is 0 Å². The summed E-state index contributed by atoms with van der Waals surface area (Å²) in [5.41, 5.74) is 8.53. The number of hydrogen-bond donors (Lipinski definition) is 1. The van der Waals surface area contributed by atoms with Crippen LogP contribution in [0.15, 0.2) is 78.0 Å². The van der Waals surface area contributed by atoms with Gasteiger partial charge < -0.3 is 10.0 Å². The van der Waals surface area contributed by atoms with E-state index in [-0.39, 0.29) is 5.75 Å². The number of fused-ring (bicyclic) bond motifs is 2. The Morgan fingerprint density at radius 1 is 0.660 bits per heavy atom. The highest BCUT2D eigenvalue weighted by Crippen LogP contribution is 2.40. The standard InChI is InChI=1S/C44H59N5O/c1-5-7-9-10-11-12-13-14-15-16-17-18-19-32-42-45-46-44-39(43(47-49(42)44)38-28-23-25-31-41(38)50)29-21-20-26-36-34(3)35(4)48(33-8-6-2)40-30-24-22-27-37(36)40/h20-31,50H,5-19,32-33H2,1-4H3/b21-20+,36-26+,39-29-. The number of aromatic hydroxyl groups is 1. The van der Waals surface area contributed by atoms with Crippen molar-refractivity contribution >= 4 is 23.0 Å². The molecule has 6 heteroatoms. The Morgan fingerprint density at radius 2 is 1.26 bits per heavy atom. The number of aromatic nitrogens is 4. The second-order valence-electron chi connectivity index (χ2n) is 14.0. The number of anilines is 1. The minimum atomic E-state index is 0.211. The van der Waals surface area contributed by atoms with E-state index < -0.39 is 0 Å². The number of unbranched alkanes of at least 4 members (excludes halogenated alkanes) is 13. The van der Waals surface area contributed by atoms with Crippen LogP contribution in [0.4, 0.5) is 5.69 Å². The summed E-state index contributed by atoms with van der Waals surface area (Å²) < 4.78 is 1.89. The minimum Gasteiger partial charge on any atom is -0.507 e. The van der Waals surface area contributed by atoms with Crippen molar-refractivity contribution in [3.05, 3.63) is 94.6 Å². The molecule has 0 saturated carbocycles. The number of aryl methyl sites for hydroxylation is 1. The molecule has 1 aliphatic rings. The Kier molecular flexibility index (Phi) is 14.3. The molecule has 6 nitrogen and oxygen atoms in total. The molecule has 1 aliphatic heterocycles. The van der Waals surface area contributed by atoms with Gasteiger partial charge in [0.2, 0.25) is 0 Å². The van der Waals surface area contributed by atoms with Gasteiger partial charge in [-0.1, -0.05) is 146 Å². The summed E-state index contributed by atoms with van der Waals surface area (Å²) in [4.78, 5) is 2.47. The summed E-state index contributed by atoms with van der Waals surface area (Å²) in [6.07, 6.45) is 28.9. The largest absolute Gasteiger partial charge is 0.507 e. The van der Waals surface area contributed by atoms with Crippen LogP contribution >= 0.6 is 0 Å². The van der Waals surface area contributed by atoms with Crippen molar-refractivity contribution in [2.45, 2.75) is 130 Å². The van der Waals surface area contributed by atoms with Gasteiger partial charge in [-0.25, -0.2) is 0 Å². The van der Waals surface area contributed by atoms with Gasteiger partial charge in [0, 0.05) is 40.7 Å². The maximum Gasteiger partial charge on any atom is 0.187 e. The first-order valence-corrected chi connectivity index (χ1v) is 19.5. The van der Waals surface area contributed by atoms with Crippen LogP contribution < -0.4 is 10.1 Å². The molecule has 4 aromatic rings. The molecule has 0 unspecified atom stereocenters. The molecule has 1 N–H and O–H groups in total. The lowest BCUT2D eigenvalue weighted by Crippen LogP contribution is -2.27. The molecular formula is C44H59N5O. The maximum absolute atomic E-state index is 10.8. The lowest BCUT2D eigenvalue weighted by atomic mass is 9.90. The van der Waals surface area contributed by atoms with Gasteiger partial charge in [0.1, 0.15) is 11.4 Å². The third-order valence-electron chi connectivity index (χ3n) is 10.3. The number of rotatable bonds is 20. The molecular weight excluding hydrogens is 615 g/mol. The van der Waals surface area contributed by atoms with Gasteiger partial charge in [-0.3, -0.25) is 0 Å². The van der Waals surface area contributed by atoms with E-state index in [0.29, 0.717) is 5.56 Å². The van der Waals surface area contributed by atoms with Gasteiger partial charge in [0.25, 0.3) is 0 Å². The van der Waals surface area contributed by atoms with E-state index in [1.165, 1.54) is 112 Å². The minimum absolute atomic E-state index is 0.211. The first-order valence-electron chi connectivity index (χ1n) is 19.5. The van der Waals surface area contributed by atoms with E-state index in [9.17, 15) is 5.11 Å². The maximum atomic E-state index is 10.8. The topological polar surface area (TPSA) is 66.5 Å². The molecule has 0 radical (unpaired) electrons. The molecule has 266 valence electrons. The molecule has 0 bridgehead atoms. The summed E-state index contributed by atoms with van der Waals surface area (Å²) in [5.74, 6) is 1.09. The highest BCUT2D eigenvalue weighted by atomic mass is 16.3. The monoisotopic (exact) mass is 673 g/mol. The first kappa shape index (κ1) is 37.1. The third kappa shape index (κ3) is 9.32. The average Bonchev–Trinajstić information content (AvgIpc) is 3.69. The molecule has 50 heavy (non-hydrogen) atoms. The van der Waals surface area contributed by atoms with E-state index in [1.54, 1.807) is 6.07 Å². The Bertz CT molecular complexity index is 1810. The van der Waals surface area contributed by atoms with Crippen molar-refractivity contribution in [2.75, 3.05) is 11.4 Å². The zero-order chi connectivity index (χ0) is 35.1. The SMILES string of the molecule is CCCCCCCCCCCCCCCc1nnc2\c(=C/C=C/C=C3\C(C)=C(C)N(CCCC)c4ccccc43)c(-c3ccccc3O)nn12. The number of para-hydroxylation sites is 2. The summed E-state index contributed by atoms with van der Waals surface area (Å²) in [6, 6.07) is 16.1. The van der Waals surface area contributed by atoms with E-state index in [2.05, 4.69) is 91.4 Å². The van der Waals surface area contributed by atoms with Crippen LogP contribution in [0, 0.1) is 0 Å². The molecule has 2 aromatic heterocycles. The van der Waals surface area contributed by atoms with Gasteiger partial charge in [-0.15, -0.1) is 10.2 Å². The average molecular weight is 674 g/mol. The molecule has 5 rings (SSSR count). The fourth-order valence-electron chi connectivity index (χ4n) is 7.17.